The number of benzene rings is 1. The molecule has 2 aliphatic rings. The molecule has 1 aliphatic heterocycles. The fraction of sp³-hybridized carbons (Fsp3) is 0.588. The zero-order valence-corrected chi connectivity index (χ0v) is 11.8. The van der Waals surface area contributed by atoms with Crippen molar-refractivity contribution < 1.29 is 4.79 Å². The predicted molar refractivity (Wildman–Crippen MR) is 77.4 cm³/mol. The highest BCUT2D eigenvalue weighted by atomic mass is 16.2. The van der Waals surface area contributed by atoms with Crippen LogP contribution in [-0.2, 0) is 12.8 Å². The van der Waals surface area contributed by atoms with Crippen LogP contribution in [0.2, 0.25) is 0 Å². The van der Waals surface area contributed by atoms with Gasteiger partial charge in [-0.05, 0) is 68.2 Å². The summed E-state index contributed by atoms with van der Waals surface area (Å²) in [6.07, 6.45) is 8.26. The second-order valence-corrected chi connectivity index (χ2v) is 5.89. The Morgan fingerprint density at radius 1 is 1.21 bits per heavy atom. The molecule has 1 aromatic carbocycles. The maximum absolute atomic E-state index is 12.7. The van der Waals surface area contributed by atoms with Gasteiger partial charge < -0.3 is 4.90 Å². The maximum Gasteiger partial charge on any atom is 0.254 e. The van der Waals surface area contributed by atoms with Crippen LogP contribution in [0, 0.1) is 0 Å². The van der Waals surface area contributed by atoms with Gasteiger partial charge in [-0.25, -0.2) is 0 Å². The summed E-state index contributed by atoms with van der Waals surface area (Å²) in [7, 11) is 0. The van der Waals surface area contributed by atoms with E-state index in [9.17, 15) is 4.79 Å². The molecule has 0 spiro atoms. The molecule has 0 aromatic heterocycles. The Bertz CT molecular complexity index is 480. The van der Waals surface area contributed by atoms with Gasteiger partial charge in [0, 0.05) is 18.2 Å². The van der Waals surface area contributed by atoms with Gasteiger partial charge in [-0.15, -0.1) is 0 Å². The van der Waals surface area contributed by atoms with E-state index in [4.69, 9.17) is 0 Å². The van der Waals surface area contributed by atoms with E-state index in [-0.39, 0.29) is 5.91 Å². The molecule has 0 N–H and O–H groups in total. The van der Waals surface area contributed by atoms with Crippen LogP contribution < -0.4 is 0 Å². The van der Waals surface area contributed by atoms with Gasteiger partial charge in [0.05, 0.1) is 0 Å². The third-order valence-electron chi connectivity index (χ3n) is 4.70. The van der Waals surface area contributed by atoms with E-state index in [2.05, 4.69) is 24.0 Å². The Balaban J connectivity index is 1.82. The number of fused-ring (bicyclic) bond motifs is 1. The lowest BCUT2D eigenvalue weighted by atomic mass is 9.98. The molecule has 19 heavy (non-hydrogen) atoms. The molecular formula is C17H23NO. The number of nitrogens with zero attached hydrogens (tertiary/aromatic N) is 1. The van der Waals surface area contributed by atoms with Gasteiger partial charge in [0.15, 0.2) is 0 Å². The number of rotatable bonds is 2. The van der Waals surface area contributed by atoms with Crippen LogP contribution in [0.15, 0.2) is 18.2 Å². The van der Waals surface area contributed by atoms with E-state index in [0.29, 0.717) is 6.04 Å². The molecular weight excluding hydrogens is 234 g/mol. The standard InChI is InChI=1S/C17H23NO/c1-2-16-8-3-4-11-18(16)17(19)15-10-9-13-6-5-7-14(13)12-15/h9-10,12,16H,2-8,11H2,1H3/t16-/m1/s1. The van der Waals surface area contributed by atoms with Crippen molar-refractivity contribution in [3.05, 3.63) is 34.9 Å². The Hall–Kier alpha value is -1.31. The third kappa shape index (κ3) is 2.41. The average molecular weight is 257 g/mol. The minimum atomic E-state index is 0.251. The normalized spacial score (nSPS) is 22.4. The highest BCUT2D eigenvalue weighted by Gasteiger charge is 2.26. The minimum absolute atomic E-state index is 0.251. The highest BCUT2D eigenvalue weighted by Crippen LogP contribution is 2.26. The van der Waals surface area contributed by atoms with Crippen molar-refractivity contribution >= 4 is 5.91 Å². The van der Waals surface area contributed by atoms with Crippen LogP contribution in [0.1, 0.15) is 60.5 Å². The molecule has 1 atom stereocenters. The van der Waals surface area contributed by atoms with Crippen molar-refractivity contribution in [2.24, 2.45) is 0 Å². The molecule has 0 bridgehead atoms. The van der Waals surface area contributed by atoms with E-state index >= 15 is 0 Å². The minimum Gasteiger partial charge on any atom is -0.336 e. The van der Waals surface area contributed by atoms with E-state index in [0.717, 1.165) is 31.4 Å². The first-order valence-corrected chi connectivity index (χ1v) is 7.72. The molecule has 0 saturated carbocycles. The summed E-state index contributed by atoms with van der Waals surface area (Å²) in [5, 5.41) is 0. The molecule has 1 aromatic rings. The van der Waals surface area contributed by atoms with E-state index in [1.165, 1.54) is 36.8 Å². The lowest BCUT2D eigenvalue weighted by molar-refractivity contribution is 0.0608. The Labute approximate surface area is 115 Å². The van der Waals surface area contributed by atoms with Crippen LogP contribution >= 0.6 is 0 Å². The van der Waals surface area contributed by atoms with Crippen molar-refractivity contribution in [1.82, 2.24) is 4.90 Å². The molecule has 1 saturated heterocycles. The van der Waals surface area contributed by atoms with E-state index < -0.39 is 0 Å². The number of carbonyl (C=O) groups excluding carboxylic acids is 1. The summed E-state index contributed by atoms with van der Waals surface area (Å²) in [6.45, 7) is 3.13. The number of amides is 1. The van der Waals surface area contributed by atoms with E-state index in [1.54, 1.807) is 0 Å². The number of piperidine rings is 1. The summed E-state index contributed by atoms with van der Waals surface area (Å²) < 4.78 is 0. The van der Waals surface area contributed by atoms with Gasteiger partial charge in [0.1, 0.15) is 0 Å². The smallest absolute Gasteiger partial charge is 0.254 e. The second-order valence-electron chi connectivity index (χ2n) is 5.89. The van der Waals surface area contributed by atoms with Crippen LogP contribution in [0.25, 0.3) is 0 Å². The predicted octanol–water partition coefficient (Wildman–Crippen LogP) is 3.58. The zero-order chi connectivity index (χ0) is 13.2. The van der Waals surface area contributed by atoms with Gasteiger partial charge in [0.25, 0.3) is 5.91 Å². The van der Waals surface area contributed by atoms with Crippen LogP contribution in [0.3, 0.4) is 0 Å². The topological polar surface area (TPSA) is 20.3 Å². The average Bonchev–Trinajstić information content (AvgIpc) is 2.93. The van der Waals surface area contributed by atoms with Gasteiger partial charge >= 0.3 is 0 Å². The summed E-state index contributed by atoms with van der Waals surface area (Å²) in [4.78, 5) is 14.8. The highest BCUT2D eigenvalue weighted by molar-refractivity contribution is 5.94. The Morgan fingerprint density at radius 2 is 2.05 bits per heavy atom. The summed E-state index contributed by atoms with van der Waals surface area (Å²) in [5.74, 6) is 0.251. The summed E-state index contributed by atoms with van der Waals surface area (Å²) in [5.41, 5.74) is 3.75. The zero-order valence-electron chi connectivity index (χ0n) is 11.8. The summed E-state index contributed by atoms with van der Waals surface area (Å²) >= 11 is 0. The van der Waals surface area contributed by atoms with Crippen molar-refractivity contribution in [3.8, 4) is 0 Å². The first-order chi connectivity index (χ1) is 9.29. The lowest BCUT2D eigenvalue weighted by Gasteiger charge is -2.35. The van der Waals surface area contributed by atoms with Crippen LogP contribution in [-0.4, -0.2) is 23.4 Å². The monoisotopic (exact) mass is 257 g/mol. The Kier molecular flexibility index (Phi) is 3.58. The van der Waals surface area contributed by atoms with Crippen molar-refractivity contribution in [3.63, 3.8) is 0 Å². The number of hydrogen-bond acceptors (Lipinski definition) is 1. The third-order valence-corrected chi connectivity index (χ3v) is 4.70. The fourth-order valence-corrected chi connectivity index (χ4v) is 3.56. The van der Waals surface area contributed by atoms with Crippen molar-refractivity contribution in [1.29, 1.82) is 0 Å². The number of aryl methyl sites for hydroxylation is 2. The quantitative estimate of drug-likeness (QED) is 0.793. The van der Waals surface area contributed by atoms with Gasteiger partial charge in [-0.2, -0.15) is 0 Å². The summed E-state index contributed by atoms with van der Waals surface area (Å²) in [6, 6.07) is 6.80. The number of carbonyl (C=O) groups is 1. The first kappa shape index (κ1) is 12.7. The number of likely N-dealkylation sites (tertiary alicyclic amines) is 1. The van der Waals surface area contributed by atoms with E-state index in [1.807, 2.05) is 6.07 Å². The molecule has 1 fully saturated rings. The molecule has 0 radical (unpaired) electrons. The maximum atomic E-state index is 12.7. The first-order valence-electron chi connectivity index (χ1n) is 7.72. The largest absolute Gasteiger partial charge is 0.336 e. The van der Waals surface area contributed by atoms with Crippen molar-refractivity contribution in [2.75, 3.05) is 6.54 Å². The molecule has 2 heteroatoms. The fourth-order valence-electron chi connectivity index (χ4n) is 3.56. The SMILES string of the molecule is CC[C@@H]1CCCCN1C(=O)c1ccc2c(c1)CCC2. The molecule has 1 heterocycles. The molecule has 102 valence electrons. The molecule has 0 unspecified atom stereocenters. The van der Waals surface area contributed by atoms with Crippen LogP contribution in [0.4, 0.5) is 0 Å². The molecule has 1 aliphatic carbocycles. The van der Waals surface area contributed by atoms with Gasteiger partial charge in [-0.1, -0.05) is 13.0 Å². The molecule has 1 amide bonds. The van der Waals surface area contributed by atoms with Gasteiger partial charge in [-0.3, -0.25) is 4.79 Å². The Morgan fingerprint density at radius 3 is 2.89 bits per heavy atom. The lowest BCUT2D eigenvalue weighted by Crippen LogP contribution is -2.43. The molecule has 3 rings (SSSR count). The second kappa shape index (κ2) is 5.36. The van der Waals surface area contributed by atoms with Gasteiger partial charge in [0.2, 0.25) is 0 Å². The number of hydrogen-bond donors (Lipinski definition) is 0. The van der Waals surface area contributed by atoms with Crippen molar-refractivity contribution in [2.45, 2.75) is 57.9 Å². The van der Waals surface area contributed by atoms with Crippen LogP contribution in [0.5, 0.6) is 0 Å². The molecule has 2 nitrogen and oxygen atoms in total.